The normalized spacial score (nSPS) is 16.9. The van der Waals surface area contributed by atoms with Gasteiger partial charge in [0.15, 0.2) is 0 Å². The Morgan fingerprint density at radius 3 is 2.71 bits per heavy atom. The van der Waals surface area contributed by atoms with E-state index in [1.54, 1.807) is 0 Å². The summed E-state index contributed by atoms with van der Waals surface area (Å²) in [5, 5.41) is 2.93. The molecule has 1 aliphatic heterocycles. The number of nitrogens with one attached hydrogen (secondary N) is 1. The number of rotatable bonds is 5. The molecule has 0 aliphatic carbocycles. The zero-order valence-electron chi connectivity index (χ0n) is 13.2. The van der Waals surface area contributed by atoms with Gasteiger partial charge < -0.3 is 11.1 Å². The first-order valence-corrected chi connectivity index (χ1v) is 7.96. The first-order chi connectivity index (χ1) is 10.1. The van der Waals surface area contributed by atoms with Gasteiger partial charge in [-0.3, -0.25) is 9.69 Å². The second kappa shape index (κ2) is 7.46. The minimum Gasteiger partial charge on any atom is -0.398 e. The van der Waals surface area contributed by atoms with E-state index in [1.807, 2.05) is 25.1 Å². The van der Waals surface area contributed by atoms with Gasteiger partial charge in [-0.2, -0.15) is 0 Å². The molecule has 21 heavy (non-hydrogen) atoms. The third kappa shape index (κ3) is 4.74. The first-order valence-electron chi connectivity index (χ1n) is 7.96. The van der Waals surface area contributed by atoms with Crippen LogP contribution in [0.5, 0.6) is 0 Å². The molecule has 1 heterocycles. The van der Waals surface area contributed by atoms with Gasteiger partial charge in [0.25, 0.3) is 0 Å². The molecule has 4 nitrogen and oxygen atoms in total. The molecule has 2 rings (SSSR count). The Balaban J connectivity index is 1.78. The Hall–Kier alpha value is -1.55. The molecular weight excluding hydrogens is 262 g/mol. The molecular formula is C17H27N3O. The molecule has 0 atom stereocenters. The minimum atomic E-state index is 0.0483. The minimum absolute atomic E-state index is 0.0483. The van der Waals surface area contributed by atoms with Crippen molar-refractivity contribution in [3.05, 3.63) is 23.8 Å². The molecule has 0 unspecified atom stereocenters. The smallest absolute Gasteiger partial charge is 0.238 e. The summed E-state index contributed by atoms with van der Waals surface area (Å²) in [4.78, 5) is 14.3. The van der Waals surface area contributed by atoms with Crippen LogP contribution in [0.1, 0.15) is 38.2 Å². The molecule has 3 N–H and O–H groups in total. The average molecular weight is 289 g/mol. The maximum absolute atomic E-state index is 12.1. The fraction of sp³-hybridized carbons (Fsp3) is 0.588. The standard InChI is InChI=1S/C17H27N3O/c1-3-4-14-7-9-20(10-8-14)12-17(21)19-15-6-5-13(2)16(18)11-15/h5-6,11,14H,3-4,7-10,12,18H2,1-2H3,(H,19,21). The van der Waals surface area contributed by atoms with Crippen molar-refractivity contribution in [1.82, 2.24) is 4.90 Å². The van der Waals surface area contributed by atoms with Gasteiger partial charge in [-0.1, -0.05) is 25.8 Å². The van der Waals surface area contributed by atoms with Crippen LogP contribution in [0.25, 0.3) is 0 Å². The van der Waals surface area contributed by atoms with Crippen LogP contribution in [-0.4, -0.2) is 30.4 Å². The van der Waals surface area contributed by atoms with Crippen molar-refractivity contribution >= 4 is 17.3 Å². The highest BCUT2D eigenvalue weighted by atomic mass is 16.2. The van der Waals surface area contributed by atoms with Crippen molar-refractivity contribution in [3.8, 4) is 0 Å². The van der Waals surface area contributed by atoms with Crippen LogP contribution in [0.3, 0.4) is 0 Å². The molecule has 1 aliphatic rings. The van der Waals surface area contributed by atoms with Gasteiger partial charge in [-0.15, -0.1) is 0 Å². The largest absolute Gasteiger partial charge is 0.398 e. The Morgan fingerprint density at radius 1 is 1.38 bits per heavy atom. The van der Waals surface area contributed by atoms with E-state index in [1.165, 1.54) is 25.7 Å². The van der Waals surface area contributed by atoms with Crippen LogP contribution in [0.15, 0.2) is 18.2 Å². The number of piperidine rings is 1. The van der Waals surface area contributed by atoms with Gasteiger partial charge >= 0.3 is 0 Å². The molecule has 116 valence electrons. The predicted octanol–water partition coefficient (Wildman–Crippen LogP) is 3.03. The number of carbonyl (C=O) groups excluding carboxylic acids is 1. The summed E-state index contributed by atoms with van der Waals surface area (Å²) in [6.45, 7) is 6.75. The first kappa shape index (κ1) is 15.8. The summed E-state index contributed by atoms with van der Waals surface area (Å²) in [7, 11) is 0. The highest BCUT2D eigenvalue weighted by molar-refractivity contribution is 5.92. The molecule has 1 aromatic rings. The van der Waals surface area contributed by atoms with Crippen molar-refractivity contribution < 1.29 is 4.79 Å². The number of nitrogens with zero attached hydrogens (tertiary/aromatic N) is 1. The Bertz CT molecular complexity index is 479. The maximum Gasteiger partial charge on any atom is 0.238 e. The second-order valence-electron chi connectivity index (χ2n) is 6.13. The van der Waals surface area contributed by atoms with Crippen molar-refractivity contribution in [2.75, 3.05) is 30.7 Å². The highest BCUT2D eigenvalue weighted by Crippen LogP contribution is 2.21. The molecule has 0 radical (unpaired) electrons. The van der Waals surface area contributed by atoms with Gasteiger partial charge in [-0.25, -0.2) is 0 Å². The summed E-state index contributed by atoms with van der Waals surface area (Å²) in [5.74, 6) is 0.901. The van der Waals surface area contributed by atoms with Gasteiger partial charge in [0.05, 0.1) is 6.54 Å². The van der Waals surface area contributed by atoms with E-state index in [2.05, 4.69) is 17.1 Å². The molecule has 4 heteroatoms. The Labute approximate surface area is 127 Å². The van der Waals surface area contributed by atoms with Crippen LogP contribution in [-0.2, 0) is 4.79 Å². The number of amides is 1. The van der Waals surface area contributed by atoms with E-state index < -0.39 is 0 Å². The lowest BCUT2D eigenvalue weighted by Gasteiger charge is -2.31. The van der Waals surface area contributed by atoms with Crippen molar-refractivity contribution in [2.24, 2.45) is 5.92 Å². The number of hydrogen-bond acceptors (Lipinski definition) is 3. The van der Waals surface area contributed by atoms with Crippen LogP contribution < -0.4 is 11.1 Å². The van der Waals surface area contributed by atoms with Gasteiger partial charge in [-0.05, 0) is 56.5 Å². The number of nitrogen functional groups attached to an aromatic ring is 1. The van der Waals surface area contributed by atoms with Crippen molar-refractivity contribution in [3.63, 3.8) is 0 Å². The number of aryl methyl sites for hydroxylation is 1. The monoisotopic (exact) mass is 289 g/mol. The second-order valence-corrected chi connectivity index (χ2v) is 6.13. The van der Waals surface area contributed by atoms with Crippen molar-refractivity contribution in [1.29, 1.82) is 0 Å². The van der Waals surface area contributed by atoms with E-state index in [4.69, 9.17) is 5.73 Å². The van der Waals surface area contributed by atoms with Gasteiger partial charge in [0.2, 0.25) is 5.91 Å². The molecule has 0 spiro atoms. The lowest BCUT2D eigenvalue weighted by Crippen LogP contribution is -2.39. The molecule has 1 aromatic carbocycles. The van der Waals surface area contributed by atoms with E-state index in [0.717, 1.165) is 30.3 Å². The van der Waals surface area contributed by atoms with Gasteiger partial charge in [0.1, 0.15) is 0 Å². The fourth-order valence-electron chi connectivity index (χ4n) is 2.96. The average Bonchev–Trinajstić information content (AvgIpc) is 2.45. The number of carbonyl (C=O) groups is 1. The maximum atomic E-state index is 12.1. The number of nitrogens with two attached hydrogens (primary N) is 1. The zero-order chi connectivity index (χ0) is 15.2. The van der Waals surface area contributed by atoms with Crippen LogP contribution in [0.2, 0.25) is 0 Å². The summed E-state index contributed by atoms with van der Waals surface area (Å²) >= 11 is 0. The van der Waals surface area contributed by atoms with E-state index in [-0.39, 0.29) is 5.91 Å². The summed E-state index contributed by atoms with van der Waals surface area (Å²) in [6, 6.07) is 5.65. The molecule has 1 fully saturated rings. The van der Waals surface area contributed by atoms with Crippen LogP contribution >= 0.6 is 0 Å². The number of likely N-dealkylation sites (tertiary alicyclic amines) is 1. The lowest BCUT2D eigenvalue weighted by atomic mass is 9.92. The number of hydrogen-bond donors (Lipinski definition) is 2. The van der Waals surface area contributed by atoms with E-state index in [9.17, 15) is 4.79 Å². The third-order valence-electron chi connectivity index (χ3n) is 4.33. The summed E-state index contributed by atoms with van der Waals surface area (Å²) < 4.78 is 0. The van der Waals surface area contributed by atoms with Crippen molar-refractivity contribution in [2.45, 2.75) is 39.5 Å². The van der Waals surface area contributed by atoms with Crippen LogP contribution in [0.4, 0.5) is 11.4 Å². The number of benzene rings is 1. The highest BCUT2D eigenvalue weighted by Gasteiger charge is 2.20. The predicted molar refractivity (Wildman–Crippen MR) is 88.3 cm³/mol. The zero-order valence-corrected chi connectivity index (χ0v) is 13.2. The van der Waals surface area contributed by atoms with Gasteiger partial charge in [0, 0.05) is 11.4 Å². The topological polar surface area (TPSA) is 58.4 Å². The molecule has 0 saturated carbocycles. The fourth-order valence-corrected chi connectivity index (χ4v) is 2.96. The molecule has 1 saturated heterocycles. The number of anilines is 2. The summed E-state index contributed by atoms with van der Waals surface area (Å²) in [6.07, 6.45) is 5.03. The quantitative estimate of drug-likeness (QED) is 0.819. The third-order valence-corrected chi connectivity index (χ3v) is 4.33. The van der Waals surface area contributed by atoms with Crippen LogP contribution in [0, 0.1) is 12.8 Å². The SMILES string of the molecule is CCCC1CCN(CC(=O)Nc2ccc(C)c(N)c2)CC1. The van der Waals surface area contributed by atoms with E-state index in [0.29, 0.717) is 12.2 Å². The Morgan fingerprint density at radius 2 is 2.10 bits per heavy atom. The lowest BCUT2D eigenvalue weighted by molar-refractivity contribution is -0.117. The van der Waals surface area contributed by atoms with E-state index >= 15 is 0 Å². The molecule has 0 bridgehead atoms. The Kier molecular flexibility index (Phi) is 5.62. The summed E-state index contributed by atoms with van der Waals surface area (Å²) in [5.41, 5.74) is 8.39. The molecule has 0 aromatic heterocycles. The molecule has 1 amide bonds.